The third-order valence-electron chi connectivity index (χ3n) is 2.73. The highest BCUT2D eigenvalue weighted by atomic mass is 16.5. The zero-order valence-corrected chi connectivity index (χ0v) is 10.1. The van der Waals surface area contributed by atoms with Gasteiger partial charge in [-0.05, 0) is 12.3 Å². The highest BCUT2D eigenvalue weighted by Gasteiger charge is 2.37. The topological polar surface area (TPSA) is 63.6 Å². The molecule has 0 aromatic heterocycles. The second-order valence-corrected chi connectivity index (χ2v) is 4.99. The number of rotatable bonds is 4. The maximum Gasteiger partial charge on any atom is 0.313 e. The van der Waals surface area contributed by atoms with E-state index in [-0.39, 0.29) is 18.6 Å². The molecule has 0 spiro atoms. The van der Waals surface area contributed by atoms with Crippen LogP contribution in [0.4, 0.5) is 0 Å². The molecule has 0 fully saturated rings. The second-order valence-electron chi connectivity index (χ2n) is 4.99. The summed E-state index contributed by atoms with van der Waals surface area (Å²) in [5.74, 6) is -0.869. The van der Waals surface area contributed by atoms with Crippen LogP contribution in [0.5, 0.6) is 0 Å². The SMILES string of the molecule is COC(=O)CC(=O)CC(C)(O)C(C)(C)C. The van der Waals surface area contributed by atoms with Gasteiger partial charge in [0.15, 0.2) is 0 Å². The fourth-order valence-electron chi connectivity index (χ4n) is 0.945. The van der Waals surface area contributed by atoms with E-state index >= 15 is 0 Å². The minimum atomic E-state index is -1.11. The Kier molecular flexibility index (Phi) is 4.46. The summed E-state index contributed by atoms with van der Waals surface area (Å²) in [4.78, 5) is 22.2. The van der Waals surface area contributed by atoms with Crippen LogP contribution in [0.3, 0.4) is 0 Å². The summed E-state index contributed by atoms with van der Waals surface area (Å²) in [5, 5.41) is 10.0. The molecule has 0 aliphatic rings. The molecule has 0 saturated carbocycles. The molecule has 0 aliphatic heterocycles. The van der Waals surface area contributed by atoms with Gasteiger partial charge in [0.2, 0.25) is 0 Å². The third-order valence-corrected chi connectivity index (χ3v) is 2.73. The van der Waals surface area contributed by atoms with E-state index in [1.807, 2.05) is 20.8 Å². The Balaban J connectivity index is 4.35. The number of methoxy groups -OCH3 is 1. The van der Waals surface area contributed by atoms with E-state index in [1.54, 1.807) is 6.92 Å². The van der Waals surface area contributed by atoms with Crippen LogP contribution in [0.15, 0.2) is 0 Å². The molecule has 1 atom stereocenters. The van der Waals surface area contributed by atoms with E-state index < -0.39 is 17.0 Å². The van der Waals surface area contributed by atoms with Crippen LogP contribution in [-0.4, -0.2) is 29.6 Å². The van der Waals surface area contributed by atoms with Gasteiger partial charge in [0, 0.05) is 6.42 Å². The van der Waals surface area contributed by atoms with Crippen LogP contribution < -0.4 is 0 Å². The fourth-order valence-corrected chi connectivity index (χ4v) is 0.945. The summed E-state index contributed by atoms with van der Waals surface area (Å²) >= 11 is 0. The second kappa shape index (κ2) is 4.75. The van der Waals surface area contributed by atoms with Crippen molar-refractivity contribution in [3.8, 4) is 0 Å². The predicted molar refractivity (Wildman–Crippen MR) is 56.3 cm³/mol. The Morgan fingerprint density at radius 1 is 1.20 bits per heavy atom. The van der Waals surface area contributed by atoms with Crippen molar-refractivity contribution >= 4 is 11.8 Å². The van der Waals surface area contributed by atoms with Crippen molar-refractivity contribution in [1.82, 2.24) is 0 Å². The smallest absolute Gasteiger partial charge is 0.313 e. The van der Waals surface area contributed by atoms with Crippen molar-refractivity contribution in [3.63, 3.8) is 0 Å². The molecule has 15 heavy (non-hydrogen) atoms. The summed E-state index contributed by atoms with van der Waals surface area (Å²) in [7, 11) is 1.23. The van der Waals surface area contributed by atoms with Crippen molar-refractivity contribution in [2.75, 3.05) is 7.11 Å². The Morgan fingerprint density at radius 3 is 2.00 bits per heavy atom. The van der Waals surface area contributed by atoms with Gasteiger partial charge < -0.3 is 9.84 Å². The quantitative estimate of drug-likeness (QED) is 0.568. The number of ketones is 1. The molecular weight excluding hydrogens is 196 g/mol. The van der Waals surface area contributed by atoms with Crippen molar-refractivity contribution in [1.29, 1.82) is 0 Å². The monoisotopic (exact) mass is 216 g/mol. The Morgan fingerprint density at radius 2 is 1.67 bits per heavy atom. The van der Waals surface area contributed by atoms with Crippen LogP contribution in [-0.2, 0) is 14.3 Å². The summed E-state index contributed by atoms with van der Waals surface area (Å²) in [6, 6.07) is 0. The molecular formula is C11H20O4. The molecule has 0 bridgehead atoms. The number of carbonyl (C=O) groups excluding carboxylic acids is 2. The summed E-state index contributed by atoms with van der Waals surface area (Å²) < 4.78 is 4.38. The van der Waals surface area contributed by atoms with E-state index in [0.29, 0.717) is 0 Å². The number of hydrogen-bond donors (Lipinski definition) is 1. The largest absolute Gasteiger partial charge is 0.469 e. The molecule has 0 saturated heterocycles. The number of aliphatic hydroxyl groups is 1. The first-order chi connectivity index (χ1) is 6.60. The normalized spacial score (nSPS) is 15.6. The lowest BCUT2D eigenvalue weighted by Gasteiger charge is -2.36. The minimum absolute atomic E-state index is 0.0361. The lowest BCUT2D eigenvalue weighted by molar-refractivity contribution is -0.145. The molecule has 4 heteroatoms. The molecule has 0 aromatic carbocycles. The standard InChI is InChI=1S/C11H20O4/c1-10(2,3)11(4,14)7-8(12)6-9(13)15-5/h14H,6-7H2,1-5H3. The number of carbonyl (C=O) groups is 2. The minimum Gasteiger partial charge on any atom is -0.469 e. The first kappa shape index (κ1) is 14.1. The lowest BCUT2D eigenvalue weighted by Crippen LogP contribution is -2.41. The number of Topliss-reactive ketones (excluding diaryl/α,β-unsaturated/α-hetero) is 1. The highest BCUT2D eigenvalue weighted by molar-refractivity contribution is 5.95. The van der Waals surface area contributed by atoms with E-state index in [9.17, 15) is 14.7 Å². The molecule has 4 nitrogen and oxygen atoms in total. The van der Waals surface area contributed by atoms with Crippen LogP contribution >= 0.6 is 0 Å². The average Bonchev–Trinajstić information content (AvgIpc) is 2.00. The predicted octanol–water partition coefficient (Wildman–Crippen LogP) is 1.31. The van der Waals surface area contributed by atoms with Gasteiger partial charge in [0.25, 0.3) is 0 Å². The zero-order chi connectivity index (χ0) is 12.3. The van der Waals surface area contributed by atoms with E-state index in [1.165, 1.54) is 7.11 Å². The van der Waals surface area contributed by atoms with Crippen molar-refractivity contribution in [2.45, 2.75) is 46.1 Å². The third kappa shape index (κ3) is 4.42. The molecule has 88 valence electrons. The Bertz CT molecular complexity index is 248. The first-order valence-electron chi connectivity index (χ1n) is 4.91. The average molecular weight is 216 g/mol. The van der Waals surface area contributed by atoms with Gasteiger partial charge in [-0.25, -0.2) is 0 Å². The zero-order valence-electron chi connectivity index (χ0n) is 10.1. The van der Waals surface area contributed by atoms with E-state index in [4.69, 9.17) is 0 Å². The molecule has 0 aliphatic carbocycles. The summed E-state index contributed by atoms with van der Waals surface area (Å²) in [6.45, 7) is 7.14. The van der Waals surface area contributed by atoms with Crippen LogP contribution in [0.2, 0.25) is 0 Å². The van der Waals surface area contributed by atoms with Crippen LogP contribution in [0.25, 0.3) is 0 Å². The number of hydrogen-bond acceptors (Lipinski definition) is 4. The Labute approximate surface area is 90.6 Å². The molecule has 0 radical (unpaired) electrons. The van der Waals surface area contributed by atoms with E-state index in [0.717, 1.165) is 0 Å². The van der Waals surface area contributed by atoms with Gasteiger partial charge in [-0.1, -0.05) is 20.8 Å². The first-order valence-corrected chi connectivity index (χ1v) is 4.91. The van der Waals surface area contributed by atoms with Crippen molar-refractivity contribution in [2.24, 2.45) is 5.41 Å². The van der Waals surface area contributed by atoms with Gasteiger partial charge in [0.1, 0.15) is 12.2 Å². The molecule has 0 rings (SSSR count). The van der Waals surface area contributed by atoms with Gasteiger partial charge in [-0.3, -0.25) is 9.59 Å². The maximum absolute atomic E-state index is 11.4. The van der Waals surface area contributed by atoms with Crippen molar-refractivity contribution in [3.05, 3.63) is 0 Å². The van der Waals surface area contributed by atoms with E-state index in [2.05, 4.69) is 4.74 Å². The highest BCUT2D eigenvalue weighted by Crippen LogP contribution is 2.33. The molecule has 0 amide bonds. The van der Waals surface area contributed by atoms with Gasteiger partial charge >= 0.3 is 5.97 Å². The summed E-state index contributed by atoms with van der Waals surface area (Å²) in [6.07, 6.45) is -0.311. The fraction of sp³-hybridized carbons (Fsp3) is 0.818. The molecule has 1 unspecified atom stereocenters. The maximum atomic E-state index is 11.4. The van der Waals surface area contributed by atoms with Crippen LogP contribution in [0, 0.1) is 5.41 Å². The van der Waals surface area contributed by atoms with Crippen molar-refractivity contribution < 1.29 is 19.4 Å². The van der Waals surface area contributed by atoms with Gasteiger partial charge in [-0.15, -0.1) is 0 Å². The lowest BCUT2D eigenvalue weighted by atomic mass is 9.75. The number of esters is 1. The van der Waals surface area contributed by atoms with Gasteiger partial charge in [0.05, 0.1) is 12.7 Å². The summed E-state index contributed by atoms with van der Waals surface area (Å²) in [5.41, 5.74) is -1.52. The van der Waals surface area contributed by atoms with Gasteiger partial charge in [-0.2, -0.15) is 0 Å². The Hall–Kier alpha value is -0.900. The molecule has 0 heterocycles. The number of ether oxygens (including phenoxy) is 1. The molecule has 0 aromatic rings. The van der Waals surface area contributed by atoms with Crippen LogP contribution in [0.1, 0.15) is 40.5 Å². The molecule has 1 N–H and O–H groups in total.